The monoisotopic (exact) mass is 175 g/mol. The average molecular weight is 175 g/mol. The Labute approximate surface area is 72.0 Å². The summed E-state index contributed by atoms with van der Waals surface area (Å²) in [6.07, 6.45) is -0.842. The van der Waals surface area contributed by atoms with E-state index in [1.54, 1.807) is 0 Å². The third-order valence-corrected chi connectivity index (χ3v) is 2.30. The Hall–Kier alpha value is -0.200. The van der Waals surface area contributed by atoms with Crippen LogP contribution < -0.4 is 16.4 Å². The Kier molecular flexibility index (Phi) is 3.42. The third kappa shape index (κ3) is 2.40. The standard InChI is InChI=1S/C7H17N3O2/c1-4-6(10-3-9-4)2-5(8)7(11)12/h4-7,9-12H,2-3,8H2,1H3. The van der Waals surface area contributed by atoms with Gasteiger partial charge in [0.25, 0.3) is 0 Å². The summed E-state index contributed by atoms with van der Waals surface area (Å²) in [6.45, 7) is 2.81. The van der Waals surface area contributed by atoms with Gasteiger partial charge >= 0.3 is 0 Å². The summed E-state index contributed by atoms with van der Waals surface area (Å²) in [5, 5.41) is 23.9. The molecule has 12 heavy (non-hydrogen) atoms. The van der Waals surface area contributed by atoms with E-state index in [1.807, 2.05) is 6.92 Å². The fraction of sp³-hybridized carbons (Fsp3) is 1.00. The van der Waals surface area contributed by atoms with E-state index >= 15 is 0 Å². The fourth-order valence-corrected chi connectivity index (χ4v) is 1.37. The number of rotatable bonds is 3. The van der Waals surface area contributed by atoms with Crippen molar-refractivity contribution in [2.24, 2.45) is 5.73 Å². The summed E-state index contributed by atoms with van der Waals surface area (Å²) >= 11 is 0. The van der Waals surface area contributed by atoms with Crippen LogP contribution in [0.3, 0.4) is 0 Å². The largest absolute Gasteiger partial charge is 0.367 e. The summed E-state index contributed by atoms with van der Waals surface area (Å²) in [4.78, 5) is 0. The molecule has 1 rings (SSSR count). The van der Waals surface area contributed by atoms with Crippen molar-refractivity contribution in [2.75, 3.05) is 6.67 Å². The van der Waals surface area contributed by atoms with Gasteiger partial charge in [0.2, 0.25) is 0 Å². The van der Waals surface area contributed by atoms with Gasteiger partial charge in [-0.1, -0.05) is 0 Å². The zero-order chi connectivity index (χ0) is 9.14. The van der Waals surface area contributed by atoms with Gasteiger partial charge in [-0.05, 0) is 13.3 Å². The number of aliphatic hydroxyl groups excluding tert-OH is 1. The minimum atomic E-state index is -1.42. The Morgan fingerprint density at radius 3 is 2.58 bits per heavy atom. The summed E-state index contributed by atoms with van der Waals surface area (Å²) in [6, 6.07) is 0.0152. The van der Waals surface area contributed by atoms with Crippen LogP contribution in [0.25, 0.3) is 0 Å². The summed E-state index contributed by atoms with van der Waals surface area (Å²) in [5.41, 5.74) is 5.49. The maximum absolute atomic E-state index is 8.75. The zero-order valence-electron chi connectivity index (χ0n) is 7.20. The topological polar surface area (TPSA) is 90.5 Å². The maximum atomic E-state index is 8.75. The molecule has 3 atom stereocenters. The molecule has 1 heterocycles. The van der Waals surface area contributed by atoms with Crippen molar-refractivity contribution in [1.82, 2.24) is 10.6 Å². The Bertz CT molecular complexity index is 143. The minimum Gasteiger partial charge on any atom is -0.367 e. The Balaban J connectivity index is 2.30. The van der Waals surface area contributed by atoms with Gasteiger partial charge in [-0.15, -0.1) is 0 Å². The lowest BCUT2D eigenvalue weighted by atomic mass is 10.0. The highest BCUT2D eigenvalue weighted by atomic mass is 16.5. The van der Waals surface area contributed by atoms with E-state index in [9.17, 15) is 0 Å². The number of nitrogens with one attached hydrogen (secondary N) is 2. The first-order valence-electron chi connectivity index (χ1n) is 4.19. The van der Waals surface area contributed by atoms with Gasteiger partial charge < -0.3 is 26.6 Å². The van der Waals surface area contributed by atoms with E-state index in [2.05, 4.69) is 10.6 Å². The van der Waals surface area contributed by atoms with E-state index in [1.165, 1.54) is 0 Å². The molecule has 1 fully saturated rings. The number of nitrogens with two attached hydrogens (primary N) is 1. The van der Waals surface area contributed by atoms with E-state index in [0.717, 1.165) is 6.67 Å². The lowest BCUT2D eigenvalue weighted by Crippen LogP contribution is -2.43. The van der Waals surface area contributed by atoms with Crippen molar-refractivity contribution in [3.8, 4) is 0 Å². The normalized spacial score (nSPS) is 32.8. The second-order valence-corrected chi connectivity index (χ2v) is 3.29. The van der Waals surface area contributed by atoms with Crippen molar-refractivity contribution in [2.45, 2.75) is 37.8 Å². The molecule has 6 N–H and O–H groups in total. The highest BCUT2D eigenvalue weighted by molar-refractivity contribution is 4.87. The van der Waals surface area contributed by atoms with E-state index < -0.39 is 12.3 Å². The lowest BCUT2D eigenvalue weighted by Gasteiger charge is -2.20. The Morgan fingerprint density at radius 1 is 1.50 bits per heavy atom. The fourth-order valence-electron chi connectivity index (χ4n) is 1.37. The maximum Gasteiger partial charge on any atom is 0.166 e. The van der Waals surface area contributed by atoms with Crippen LogP contribution in [0.2, 0.25) is 0 Å². The zero-order valence-corrected chi connectivity index (χ0v) is 7.20. The smallest absolute Gasteiger partial charge is 0.166 e. The van der Waals surface area contributed by atoms with Gasteiger partial charge in [0, 0.05) is 18.8 Å². The molecular formula is C7H17N3O2. The van der Waals surface area contributed by atoms with Crippen LogP contribution >= 0.6 is 0 Å². The highest BCUT2D eigenvalue weighted by Crippen LogP contribution is 2.06. The minimum absolute atomic E-state index is 0.238. The van der Waals surface area contributed by atoms with Crippen LogP contribution in [0.5, 0.6) is 0 Å². The van der Waals surface area contributed by atoms with Gasteiger partial charge in [0.05, 0.1) is 6.04 Å². The van der Waals surface area contributed by atoms with Gasteiger partial charge in [-0.3, -0.25) is 0 Å². The summed E-state index contributed by atoms with van der Waals surface area (Å²) < 4.78 is 0. The molecule has 1 aliphatic heterocycles. The number of aliphatic hydroxyl groups is 2. The predicted octanol–water partition coefficient (Wildman–Crippen LogP) is -2.08. The van der Waals surface area contributed by atoms with Crippen molar-refractivity contribution >= 4 is 0 Å². The van der Waals surface area contributed by atoms with Crippen LogP contribution in [-0.4, -0.2) is 41.3 Å². The molecular weight excluding hydrogens is 158 g/mol. The molecule has 5 nitrogen and oxygen atoms in total. The molecule has 72 valence electrons. The highest BCUT2D eigenvalue weighted by Gasteiger charge is 2.25. The molecule has 0 aromatic carbocycles. The second kappa shape index (κ2) is 4.15. The quantitative estimate of drug-likeness (QED) is 0.318. The first-order chi connectivity index (χ1) is 5.61. The molecule has 3 unspecified atom stereocenters. The predicted molar refractivity (Wildman–Crippen MR) is 45.2 cm³/mol. The summed E-state index contributed by atoms with van der Waals surface area (Å²) in [5.74, 6) is 0. The van der Waals surface area contributed by atoms with Crippen LogP contribution in [0.15, 0.2) is 0 Å². The molecule has 0 amide bonds. The molecule has 5 heteroatoms. The van der Waals surface area contributed by atoms with E-state index in [-0.39, 0.29) is 6.04 Å². The van der Waals surface area contributed by atoms with E-state index in [4.69, 9.17) is 15.9 Å². The van der Waals surface area contributed by atoms with Crippen LogP contribution in [0.1, 0.15) is 13.3 Å². The van der Waals surface area contributed by atoms with Gasteiger partial charge in [-0.25, -0.2) is 0 Å². The SMILES string of the molecule is CC1NCNC1CC(N)C(O)O. The first-order valence-corrected chi connectivity index (χ1v) is 4.19. The van der Waals surface area contributed by atoms with Crippen molar-refractivity contribution in [3.05, 3.63) is 0 Å². The van der Waals surface area contributed by atoms with Crippen LogP contribution in [0.4, 0.5) is 0 Å². The average Bonchev–Trinajstić information content (AvgIpc) is 2.36. The van der Waals surface area contributed by atoms with Crippen molar-refractivity contribution < 1.29 is 10.2 Å². The second-order valence-electron chi connectivity index (χ2n) is 3.29. The van der Waals surface area contributed by atoms with Gasteiger partial charge in [0.15, 0.2) is 6.29 Å². The van der Waals surface area contributed by atoms with Gasteiger partial charge in [0.1, 0.15) is 0 Å². The number of hydrogen-bond acceptors (Lipinski definition) is 5. The molecule has 0 aliphatic carbocycles. The van der Waals surface area contributed by atoms with E-state index in [0.29, 0.717) is 12.5 Å². The molecule has 0 saturated carbocycles. The molecule has 1 aliphatic rings. The third-order valence-electron chi connectivity index (χ3n) is 2.30. The van der Waals surface area contributed by atoms with Crippen LogP contribution in [0, 0.1) is 0 Å². The molecule has 0 spiro atoms. The molecule has 1 saturated heterocycles. The van der Waals surface area contributed by atoms with Crippen LogP contribution in [-0.2, 0) is 0 Å². The lowest BCUT2D eigenvalue weighted by molar-refractivity contribution is -0.0612. The summed E-state index contributed by atoms with van der Waals surface area (Å²) in [7, 11) is 0. The molecule has 0 aromatic heterocycles. The first kappa shape index (κ1) is 9.88. The molecule has 0 radical (unpaired) electrons. The molecule has 0 aromatic rings. The molecule has 0 bridgehead atoms. The number of hydrogen-bond donors (Lipinski definition) is 5. The van der Waals surface area contributed by atoms with Crippen molar-refractivity contribution in [1.29, 1.82) is 0 Å². The van der Waals surface area contributed by atoms with Gasteiger partial charge in [-0.2, -0.15) is 0 Å². The van der Waals surface area contributed by atoms with Crippen molar-refractivity contribution in [3.63, 3.8) is 0 Å². The Morgan fingerprint density at radius 2 is 2.17 bits per heavy atom.